The third kappa shape index (κ3) is 8.45. The molecule has 3 aromatic rings. The normalized spacial score (nSPS) is 12.0. The van der Waals surface area contributed by atoms with Crippen molar-refractivity contribution in [2.45, 2.75) is 38.8 Å². The Balaban J connectivity index is 1.91. The van der Waals surface area contributed by atoms with Crippen LogP contribution in [0.3, 0.4) is 0 Å². The average Bonchev–Trinajstić information content (AvgIpc) is 3.42. The summed E-state index contributed by atoms with van der Waals surface area (Å²) in [6.45, 7) is 5.29. The van der Waals surface area contributed by atoms with Gasteiger partial charge >= 0.3 is 12.1 Å². The number of halogens is 2. The Kier molecular flexibility index (Phi) is 9.51. The first-order valence-electron chi connectivity index (χ1n) is 10.6. The maximum absolute atomic E-state index is 13.5. The first-order chi connectivity index (χ1) is 16.5. The van der Waals surface area contributed by atoms with Gasteiger partial charge in [-0.05, 0) is 76.7 Å². The first-order valence-corrected chi connectivity index (χ1v) is 13.9. The highest BCUT2D eigenvalue weighted by Gasteiger charge is 2.32. The molecule has 11 heteroatoms. The van der Waals surface area contributed by atoms with Crippen LogP contribution in [0.1, 0.15) is 45.7 Å². The molecule has 0 aliphatic heterocycles. The minimum Gasteiger partial charge on any atom is -0.444 e. The highest BCUT2D eigenvalue weighted by atomic mass is 79.9. The van der Waals surface area contributed by atoms with Crippen LogP contribution in [-0.2, 0) is 16.0 Å². The van der Waals surface area contributed by atoms with Crippen LogP contribution >= 0.6 is 54.5 Å². The number of amides is 2. The van der Waals surface area contributed by atoms with E-state index in [1.54, 1.807) is 43.7 Å². The Morgan fingerprint density at radius 3 is 2.14 bits per heavy atom. The molecule has 35 heavy (non-hydrogen) atoms. The predicted octanol–water partition coefficient (Wildman–Crippen LogP) is 6.68. The third-order valence-electron chi connectivity index (χ3n) is 4.46. The van der Waals surface area contributed by atoms with Crippen molar-refractivity contribution in [3.63, 3.8) is 0 Å². The lowest BCUT2D eigenvalue weighted by atomic mass is 10.1. The summed E-state index contributed by atoms with van der Waals surface area (Å²) in [5.41, 5.74) is 0.222. The van der Waals surface area contributed by atoms with Crippen molar-refractivity contribution in [3.05, 3.63) is 77.5 Å². The van der Waals surface area contributed by atoms with Crippen LogP contribution in [0.15, 0.2) is 62.2 Å². The average molecular weight is 644 g/mol. The molecule has 2 heterocycles. The fraction of sp³-hybridized carbons (Fsp3) is 0.292. The number of alkyl carbamates (subject to hydrolysis) is 1. The molecule has 7 nitrogen and oxygen atoms in total. The van der Waals surface area contributed by atoms with E-state index < -0.39 is 29.6 Å². The zero-order valence-electron chi connectivity index (χ0n) is 19.2. The van der Waals surface area contributed by atoms with Gasteiger partial charge < -0.3 is 14.9 Å². The van der Waals surface area contributed by atoms with Crippen molar-refractivity contribution in [1.29, 1.82) is 0 Å². The first kappa shape index (κ1) is 27.4. The molecule has 2 amide bonds. The zero-order chi connectivity index (χ0) is 25.6. The van der Waals surface area contributed by atoms with Gasteiger partial charge in [0.1, 0.15) is 10.5 Å². The lowest BCUT2D eigenvalue weighted by molar-refractivity contribution is -0.104. The van der Waals surface area contributed by atoms with E-state index in [4.69, 9.17) is 9.57 Å². The number of rotatable bonds is 7. The minimum absolute atomic E-state index is 0.00348. The molecule has 0 radical (unpaired) electrons. The van der Waals surface area contributed by atoms with E-state index in [0.29, 0.717) is 16.2 Å². The highest BCUT2D eigenvalue weighted by molar-refractivity contribution is 9.10. The molecule has 0 spiro atoms. The van der Waals surface area contributed by atoms with E-state index in [-0.39, 0.29) is 6.54 Å². The fourth-order valence-electron chi connectivity index (χ4n) is 3.01. The molecule has 1 unspecified atom stereocenters. The molecule has 0 saturated carbocycles. The second-order valence-corrected chi connectivity index (χ2v) is 12.1. The van der Waals surface area contributed by atoms with E-state index in [0.717, 1.165) is 19.6 Å². The Morgan fingerprint density at radius 2 is 1.60 bits per heavy atom. The summed E-state index contributed by atoms with van der Waals surface area (Å²) in [6.07, 6.45) is -0.300. The number of hydrogen-bond acceptors (Lipinski definition) is 7. The van der Waals surface area contributed by atoms with Crippen LogP contribution in [0.2, 0.25) is 0 Å². The topological polar surface area (TPSA) is 84.9 Å². The molecule has 186 valence electrons. The van der Waals surface area contributed by atoms with E-state index in [2.05, 4.69) is 37.2 Å². The summed E-state index contributed by atoms with van der Waals surface area (Å²) >= 11 is 9.11. The Morgan fingerprint density at radius 1 is 1.00 bits per heavy atom. The molecule has 0 aliphatic rings. The molecule has 0 aliphatic carbocycles. The number of nitrogens with one attached hydrogen (secondary N) is 1. The summed E-state index contributed by atoms with van der Waals surface area (Å²) in [4.78, 5) is 45.2. The third-order valence-corrected chi connectivity index (χ3v) is 7.81. The molecule has 0 bridgehead atoms. The van der Waals surface area contributed by atoms with E-state index in [9.17, 15) is 14.4 Å². The van der Waals surface area contributed by atoms with Gasteiger partial charge in [-0.15, -0.1) is 22.7 Å². The van der Waals surface area contributed by atoms with E-state index in [1.807, 2.05) is 30.3 Å². The van der Waals surface area contributed by atoms with E-state index >= 15 is 0 Å². The van der Waals surface area contributed by atoms with Gasteiger partial charge in [0, 0.05) is 26.3 Å². The lowest BCUT2D eigenvalue weighted by Gasteiger charge is -2.30. The van der Waals surface area contributed by atoms with Crippen molar-refractivity contribution in [3.8, 4) is 0 Å². The molecule has 0 saturated heterocycles. The van der Waals surface area contributed by atoms with Gasteiger partial charge in [-0.1, -0.05) is 30.3 Å². The van der Waals surface area contributed by atoms with Crippen LogP contribution in [0.5, 0.6) is 0 Å². The Bertz CT molecular complexity index is 1170. The maximum atomic E-state index is 13.5. The number of thiophene rings is 2. The van der Waals surface area contributed by atoms with Crippen LogP contribution in [0.25, 0.3) is 0 Å². The highest BCUT2D eigenvalue weighted by Crippen LogP contribution is 2.25. The summed E-state index contributed by atoms with van der Waals surface area (Å²) in [7, 11) is 0. The standard InChI is InChI=1S/C24H24Br2N2O5S2/c1-24(2,3)32-23(31)27-12-18(9-15-7-5-4-6-8-15)28(21(29)19-10-16(25)13-34-19)33-22(30)20-11-17(26)14-35-20/h4-8,10-11,13-14,18H,9,12H2,1-3H3,(H,27,31). The van der Waals surface area contributed by atoms with Gasteiger partial charge in [0.15, 0.2) is 0 Å². The van der Waals surface area contributed by atoms with Crippen LogP contribution in [0.4, 0.5) is 4.79 Å². The maximum Gasteiger partial charge on any atom is 0.407 e. The van der Waals surface area contributed by atoms with Crippen molar-refractivity contribution in [2.75, 3.05) is 6.54 Å². The van der Waals surface area contributed by atoms with Crippen molar-refractivity contribution in [2.24, 2.45) is 0 Å². The molecule has 2 aromatic heterocycles. The molecule has 0 fully saturated rings. The summed E-state index contributed by atoms with van der Waals surface area (Å²) in [5, 5.41) is 7.29. The van der Waals surface area contributed by atoms with Gasteiger partial charge in [-0.3, -0.25) is 4.79 Å². The Labute approximate surface area is 228 Å². The summed E-state index contributed by atoms with van der Waals surface area (Å²) in [5.74, 6) is -1.16. The quantitative estimate of drug-likeness (QED) is 0.290. The fourth-order valence-corrected chi connectivity index (χ4v) is 5.66. The van der Waals surface area contributed by atoms with Gasteiger partial charge in [0.2, 0.25) is 0 Å². The van der Waals surface area contributed by atoms with Crippen LogP contribution < -0.4 is 5.32 Å². The van der Waals surface area contributed by atoms with Gasteiger partial charge in [0.25, 0.3) is 5.91 Å². The van der Waals surface area contributed by atoms with Crippen LogP contribution in [-0.4, -0.2) is 41.2 Å². The summed E-state index contributed by atoms with van der Waals surface area (Å²) < 4.78 is 6.83. The molecule has 3 rings (SSSR count). The number of nitrogens with zero attached hydrogens (tertiary/aromatic N) is 1. The Hall–Kier alpha value is -2.21. The predicted molar refractivity (Wildman–Crippen MR) is 144 cm³/mol. The zero-order valence-corrected chi connectivity index (χ0v) is 24.1. The number of hydrogen-bond donors (Lipinski definition) is 1. The second kappa shape index (κ2) is 12.2. The number of carbonyl (C=O) groups excluding carboxylic acids is 3. The van der Waals surface area contributed by atoms with Crippen molar-refractivity contribution >= 4 is 72.5 Å². The minimum atomic E-state index is -0.703. The number of hydroxylamine groups is 2. The van der Waals surface area contributed by atoms with Crippen molar-refractivity contribution < 1.29 is 24.0 Å². The van der Waals surface area contributed by atoms with Gasteiger partial charge in [-0.25, -0.2) is 9.59 Å². The molecular weight excluding hydrogens is 620 g/mol. The van der Waals surface area contributed by atoms with Gasteiger partial charge in [-0.2, -0.15) is 5.06 Å². The second-order valence-electron chi connectivity index (χ2n) is 8.49. The number of carbonyl (C=O) groups is 3. The molecule has 1 N–H and O–H groups in total. The number of benzene rings is 1. The largest absolute Gasteiger partial charge is 0.444 e. The smallest absolute Gasteiger partial charge is 0.407 e. The lowest BCUT2D eigenvalue weighted by Crippen LogP contribution is -2.49. The van der Waals surface area contributed by atoms with Gasteiger partial charge in [0.05, 0.1) is 10.9 Å². The number of ether oxygens (including phenoxy) is 1. The summed E-state index contributed by atoms with van der Waals surface area (Å²) in [6, 6.07) is 12.0. The van der Waals surface area contributed by atoms with E-state index in [1.165, 1.54) is 22.7 Å². The molecule has 1 atom stereocenters. The van der Waals surface area contributed by atoms with Crippen LogP contribution in [0, 0.1) is 0 Å². The SMILES string of the molecule is CC(C)(C)OC(=O)NCC(Cc1ccccc1)N(OC(=O)c1cc(Br)cs1)C(=O)c1cc(Br)cs1. The monoisotopic (exact) mass is 642 g/mol. The van der Waals surface area contributed by atoms with Crippen molar-refractivity contribution in [1.82, 2.24) is 10.4 Å². The molecule has 1 aromatic carbocycles. The molecular formula is C24H24Br2N2O5S2.